The van der Waals surface area contributed by atoms with E-state index in [1.807, 2.05) is 6.92 Å². The summed E-state index contributed by atoms with van der Waals surface area (Å²) in [6.45, 7) is 1.91. The van der Waals surface area contributed by atoms with Gasteiger partial charge >= 0.3 is 5.69 Å². The Morgan fingerprint density at radius 3 is 2.79 bits per heavy atom. The van der Waals surface area contributed by atoms with Crippen LogP contribution in [-0.2, 0) is 0 Å². The second-order valence-corrected chi connectivity index (χ2v) is 3.67. The van der Waals surface area contributed by atoms with Gasteiger partial charge in [0.15, 0.2) is 0 Å². The highest BCUT2D eigenvalue weighted by atomic mass is 79.9. The summed E-state index contributed by atoms with van der Waals surface area (Å²) in [4.78, 5) is 9.73. The summed E-state index contributed by atoms with van der Waals surface area (Å²) in [6, 6.07) is 3.97. The lowest BCUT2D eigenvalue weighted by atomic mass is 10.0. The predicted octanol–water partition coefficient (Wildman–Crippen LogP) is 3.23. The number of nitro benzene ring substituents is 1. The van der Waals surface area contributed by atoms with Crippen LogP contribution in [0.15, 0.2) is 18.2 Å². The van der Waals surface area contributed by atoms with Gasteiger partial charge in [-0.1, -0.05) is 28.9 Å². The van der Waals surface area contributed by atoms with Crippen molar-refractivity contribution < 1.29 is 9.31 Å². The molecule has 14 heavy (non-hydrogen) atoms. The molecule has 5 heteroatoms. The normalized spacial score (nSPS) is 12.5. The molecule has 1 aromatic carbocycles. The first-order chi connectivity index (χ1) is 6.56. The molecule has 0 amide bonds. The van der Waals surface area contributed by atoms with Crippen LogP contribution in [0.5, 0.6) is 0 Å². The number of nitrogens with zero attached hydrogens (tertiary/aromatic N) is 1. The van der Waals surface area contributed by atoms with Gasteiger partial charge in [-0.25, -0.2) is 0 Å². The topological polar surface area (TPSA) is 43.1 Å². The molecule has 1 rings (SSSR count). The third kappa shape index (κ3) is 2.29. The maximum Gasteiger partial charge on any atom is 0.305 e. The van der Waals surface area contributed by atoms with Crippen LogP contribution >= 0.6 is 15.9 Å². The van der Waals surface area contributed by atoms with Gasteiger partial charge in [0.25, 0.3) is 0 Å². The minimum atomic E-state index is -0.791. The van der Waals surface area contributed by atoms with Gasteiger partial charge < -0.3 is 0 Å². The molecule has 1 aromatic rings. The summed E-state index contributed by atoms with van der Waals surface area (Å²) in [6.07, 6.45) is 0. The highest BCUT2D eigenvalue weighted by Crippen LogP contribution is 2.24. The average Bonchev–Trinajstić information content (AvgIpc) is 2.17. The number of halogens is 2. The minimum Gasteiger partial charge on any atom is -0.258 e. The van der Waals surface area contributed by atoms with Gasteiger partial charge in [0.2, 0.25) is 5.82 Å². The van der Waals surface area contributed by atoms with E-state index in [2.05, 4.69) is 15.9 Å². The SMILES string of the molecule is CC(CBr)c1ccc(F)c([N+](=O)[O-])c1. The molecule has 0 aromatic heterocycles. The second-order valence-electron chi connectivity index (χ2n) is 3.02. The number of rotatable bonds is 3. The highest BCUT2D eigenvalue weighted by Gasteiger charge is 2.16. The lowest BCUT2D eigenvalue weighted by Crippen LogP contribution is -1.98. The largest absolute Gasteiger partial charge is 0.305 e. The van der Waals surface area contributed by atoms with Crippen molar-refractivity contribution >= 4 is 21.6 Å². The average molecular weight is 262 g/mol. The summed E-state index contributed by atoms with van der Waals surface area (Å²) in [7, 11) is 0. The first-order valence-corrected chi connectivity index (χ1v) is 5.18. The molecule has 0 N–H and O–H groups in total. The Morgan fingerprint density at radius 1 is 1.64 bits per heavy atom. The van der Waals surface area contributed by atoms with Crippen molar-refractivity contribution in [2.45, 2.75) is 12.8 Å². The van der Waals surface area contributed by atoms with Crippen molar-refractivity contribution in [1.29, 1.82) is 0 Å². The zero-order valence-electron chi connectivity index (χ0n) is 7.54. The van der Waals surface area contributed by atoms with Gasteiger partial charge in [0.1, 0.15) is 0 Å². The third-order valence-corrected chi connectivity index (χ3v) is 2.94. The van der Waals surface area contributed by atoms with Crippen molar-refractivity contribution in [1.82, 2.24) is 0 Å². The van der Waals surface area contributed by atoms with Crippen LogP contribution in [0.1, 0.15) is 18.4 Å². The molecule has 1 atom stereocenters. The molecule has 0 spiro atoms. The summed E-state index contributed by atoms with van der Waals surface area (Å²) in [5.74, 6) is -0.658. The molecule has 0 aliphatic heterocycles. The Kier molecular flexibility index (Phi) is 3.57. The van der Waals surface area contributed by atoms with Gasteiger partial charge in [-0.3, -0.25) is 10.1 Å². The highest BCUT2D eigenvalue weighted by molar-refractivity contribution is 9.09. The van der Waals surface area contributed by atoms with E-state index in [9.17, 15) is 14.5 Å². The maximum atomic E-state index is 12.9. The molecular formula is C9H9BrFNO2. The molecule has 0 heterocycles. The van der Waals surface area contributed by atoms with Gasteiger partial charge in [-0.2, -0.15) is 4.39 Å². The van der Waals surface area contributed by atoms with E-state index in [1.54, 1.807) is 6.07 Å². The summed E-state index contributed by atoms with van der Waals surface area (Å²) >= 11 is 3.27. The Bertz CT molecular complexity index is 357. The molecule has 76 valence electrons. The fraction of sp³-hybridized carbons (Fsp3) is 0.333. The minimum absolute atomic E-state index is 0.134. The molecule has 0 bridgehead atoms. The van der Waals surface area contributed by atoms with Crippen molar-refractivity contribution in [3.05, 3.63) is 39.7 Å². The Labute approximate surface area is 89.2 Å². The van der Waals surface area contributed by atoms with Gasteiger partial charge in [0.05, 0.1) is 4.92 Å². The van der Waals surface area contributed by atoms with Crippen molar-refractivity contribution in [3.8, 4) is 0 Å². The van der Waals surface area contributed by atoms with E-state index < -0.39 is 16.4 Å². The van der Waals surface area contributed by atoms with Crippen LogP contribution in [0.2, 0.25) is 0 Å². The van der Waals surface area contributed by atoms with Crippen molar-refractivity contribution in [2.75, 3.05) is 5.33 Å². The molecule has 0 saturated heterocycles. The Morgan fingerprint density at radius 2 is 2.29 bits per heavy atom. The van der Waals surface area contributed by atoms with E-state index >= 15 is 0 Å². The van der Waals surface area contributed by atoms with E-state index in [4.69, 9.17) is 0 Å². The van der Waals surface area contributed by atoms with Crippen LogP contribution in [0.3, 0.4) is 0 Å². The molecule has 0 saturated carbocycles. The van der Waals surface area contributed by atoms with E-state index in [1.165, 1.54) is 6.07 Å². The Hall–Kier alpha value is -0.970. The van der Waals surface area contributed by atoms with E-state index in [-0.39, 0.29) is 5.92 Å². The first kappa shape index (κ1) is 11.1. The zero-order chi connectivity index (χ0) is 10.7. The quantitative estimate of drug-likeness (QED) is 0.476. The third-order valence-electron chi connectivity index (χ3n) is 1.97. The monoisotopic (exact) mass is 261 g/mol. The number of nitro groups is 1. The fourth-order valence-corrected chi connectivity index (χ4v) is 1.44. The van der Waals surface area contributed by atoms with Crippen LogP contribution < -0.4 is 0 Å². The summed E-state index contributed by atoms with van der Waals surface area (Å²) in [5, 5.41) is 11.1. The number of alkyl halides is 1. The molecule has 3 nitrogen and oxygen atoms in total. The lowest BCUT2D eigenvalue weighted by molar-refractivity contribution is -0.387. The van der Waals surface area contributed by atoms with Crippen molar-refractivity contribution in [3.63, 3.8) is 0 Å². The maximum absolute atomic E-state index is 12.9. The Balaban J connectivity index is 3.12. The fourth-order valence-electron chi connectivity index (χ4n) is 1.07. The van der Waals surface area contributed by atoms with Crippen LogP contribution in [-0.4, -0.2) is 10.3 Å². The number of benzene rings is 1. The van der Waals surface area contributed by atoms with Crippen LogP contribution in [0.25, 0.3) is 0 Å². The van der Waals surface area contributed by atoms with E-state index in [0.717, 1.165) is 11.6 Å². The standard InChI is InChI=1S/C9H9BrFNO2/c1-6(5-10)7-2-3-8(11)9(4-7)12(13)14/h2-4,6H,5H2,1H3. The van der Waals surface area contributed by atoms with Gasteiger partial charge in [0, 0.05) is 11.4 Å². The first-order valence-electron chi connectivity index (χ1n) is 4.06. The molecule has 1 unspecified atom stereocenters. The van der Waals surface area contributed by atoms with Crippen molar-refractivity contribution in [2.24, 2.45) is 0 Å². The smallest absolute Gasteiger partial charge is 0.258 e. The van der Waals surface area contributed by atoms with Gasteiger partial charge in [-0.05, 0) is 17.5 Å². The van der Waals surface area contributed by atoms with Crippen LogP contribution in [0, 0.1) is 15.9 Å². The molecule has 0 aliphatic rings. The number of hydrogen-bond donors (Lipinski definition) is 0. The molecule has 0 radical (unpaired) electrons. The summed E-state index contributed by atoms with van der Waals surface area (Å²) < 4.78 is 12.9. The molecule has 0 aliphatic carbocycles. The molecular weight excluding hydrogens is 253 g/mol. The number of hydrogen-bond acceptors (Lipinski definition) is 2. The second kappa shape index (κ2) is 4.50. The van der Waals surface area contributed by atoms with E-state index in [0.29, 0.717) is 5.33 Å². The molecule has 0 fully saturated rings. The van der Waals surface area contributed by atoms with Crippen LogP contribution in [0.4, 0.5) is 10.1 Å². The zero-order valence-corrected chi connectivity index (χ0v) is 9.12. The summed E-state index contributed by atoms with van der Waals surface area (Å²) in [5.41, 5.74) is 0.297. The lowest BCUT2D eigenvalue weighted by Gasteiger charge is -2.07. The predicted molar refractivity (Wildman–Crippen MR) is 55.3 cm³/mol. The van der Waals surface area contributed by atoms with Gasteiger partial charge in [-0.15, -0.1) is 0 Å².